The van der Waals surface area contributed by atoms with E-state index < -0.39 is 0 Å². The first kappa shape index (κ1) is 21.1. The number of ether oxygens (including phenoxy) is 2. The van der Waals surface area contributed by atoms with Gasteiger partial charge in [-0.15, -0.1) is 0 Å². The van der Waals surface area contributed by atoms with Gasteiger partial charge < -0.3 is 24.7 Å². The van der Waals surface area contributed by atoms with E-state index in [0.717, 1.165) is 63.1 Å². The summed E-state index contributed by atoms with van der Waals surface area (Å²) in [5.74, 6) is 1.34. The van der Waals surface area contributed by atoms with Crippen LogP contribution in [0.3, 0.4) is 0 Å². The Morgan fingerprint density at radius 1 is 1.12 bits per heavy atom. The maximum atomic E-state index is 13.0. The predicted octanol–water partition coefficient (Wildman–Crippen LogP) is 1.46. The number of rotatable bonds is 5. The molecule has 1 N–H and O–H groups in total. The van der Waals surface area contributed by atoms with Crippen molar-refractivity contribution in [3.8, 4) is 11.5 Å². The smallest absolute Gasteiger partial charge is 0.367 e. The number of likely N-dealkylation sites (N-methyl/N-ethyl adjacent to an activating group) is 1. The topological polar surface area (TPSA) is 88.9 Å². The third-order valence-electron chi connectivity index (χ3n) is 6.09. The number of hydrogen-bond donors (Lipinski definition) is 1. The highest BCUT2D eigenvalue weighted by Crippen LogP contribution is 2.34. The molecule has 5 rings (SSSR count). The van der Waals surface area contributed by atoms with Gasteiger partial charge in [0.25, 0.3) is 0 Å². The Bertz CT molecular complexity index is 1080. The fraction of sp³-hybridized carbons (Fsp3) is 0.500. The number of aromatic nitrogens is 2. The lowest BCUT2D eigenvalue weighted by atomic mass is 9.97. The number of carbonyl (C=O) groups is 1. The molecule has 10 heteroatoms. The van der Waals surface area contributed by atoms with Crippen molar-refractivity contribution in [2.45, 2.75) is 30.7 Å². The zero-order chi connectivity index (χ0) is 22.1. The van der Waals surface area contributed by atoms with Crippen LogP contribution in [-0.2, 0) is 17.6 Å². The summed E-state index contributed by atoms with van der Waals surface area (Å²) >= 11 is 1.34. The number of hydrogen-bond acceptors (Lipinski definition) is 8. The van der Waals surface area contributed by atoms with Crippen LogP contribution in [0.2, 0.25) is 0 Å². The van der Waals surface area contributed by atoms with Crippen LogP contribution in [0.5, 0.6) is 11.5 Å². The number of anilines is 1. The second-order valence-electron chi connectivity index (χ2n) is 8.31. The molecule has 0 saturated carbocycles. The molecule has 3 aliphatic rings. The van der Waals surface area contributed by atoms with E-state index in [1.54, 1.807) is 22.9 Å². The van der Waals surface area contributed by atoms with Crippen LogP contribution in [0.1, 0.15) is 24.1 Å². The number of benzene rings is 1. The zero-order valence-electron chi connectivity index (χ0n) is 18.1. The highest BCUT2D eigenvalue weighted by atomic mass is 32.2. The van der Waals surface area contributed by atoms with E-state index in [0.29, 0.717) is 22.2 Å². The molecule has 0 radical (unpaired) electrons. The van der Waals surface area contributed by atoms with Crippen LogP contribution >= 0.6 is 11.8 Å². The molecule has 170 valence electrons. The second kappa shape index (κ2) is 9.03. The molecule has 1 aliphatic carbocycles. The monoisotopic (exact) mass is 457 g/mol. The molecule has 1 aromatic carbocycles. The van der Waals surface area contributed by atoms with Gasteiger partial charge in [0, 0.05) is 43.5 Å². The maximum absolute atomic E-state index is 13.0. The van der Waals surface area contributed by atoms with E-state index in [-0.39, 0.29) is 24.1 Å². The van der Waals surface area contributed by atoms with E-state index in [1.165, 1.54) is 11.8 Å². The standard InChI is InChI=1S/C22H27N5O4S/c1-25-8-10-26(11-9-25)27-17-5-3-2-4-16(17)21(24-22(27)29)32-13-20(28)23-15-6-7-18-19(12-15)31-14-30-18/h6-7,12H,2-5,8-11,13-14H2,1H3,(H,23,28). The Morgan fingerprint density at radius 2 is 1.91 bits per heavy atom. The molecule has 9 nitrogen and oxygen atoms in total. The Balaban J connectivity index is 1.31. The lowest BCUT2D eigenvalue weighted by Crippen LogP contribution is -2.54. The van der Waals surface area contributed by atoms with Crippen molar-refractivity contribution in [2.75, 3.05) is 56.1 Å². The third-order valence-corrected chi connectivity index (χ3v) is 7.11. The van der Waals surface area contributed by atoms with Gasteiger partial charge in [-0.05, 0) is 44.9 Å². The van der Waals surface area contributed by atoms with E-state index in [9.17, 15) is 9.59 Å². The van der Waals surface area contributed by atoms with Crippen molar-refractivity contribution in [3.63, 3.8) is 0 Å². The van der Waals surface area contributed by atoms with Gasteiger partial charge in [-0.1, -0.05) is 11.8 Å². The van der Waals surface area contributed by atoms with Crippen LogP contribution in [0.15, 0.2) is 28.0 Å². The summed E-state index contributed by atoms with van der Waals surface area (Å²) in [4.78, 5) is 32.2. The fourth-order valence-corrected chi connectivity index (χ4v) is 5.26. The van der Waals surface area contributed by atoms with Crippen molar-refractivity contribution in [3.05, 3.63) is 39.9 Å². The highest BCUT2D eigenvalue weighted by molar-refractivity contribution is 8.00. The average molecular weight is 458 g/mol. The number of fused-ring (bicyclic) bond motifs is 2. The largest absolute Gasteiger partial charge is 0.454 e. The Hall–Kier alpha value is -2.72. The first-order valence-electron chi connectivity index (χ1n) is 11.0. The molecule has 2 aliphatic heterocycles. The normalized spacial score (nSPS) is 17.8. The summed E-state index contributed by atoms with van der Waals surface area (Å²) in [5, 5.41) is 5.70. The van der Waals surface area contributed by atoms with E-state index in [2.05, 4.69) is 27.3 Å². The first-order valence-corrected chi connectivity index (χ1v) is 12.0. The predicted molar refractivity (Wildman–Crippen MR) is 123 cm³/mol. The van der Waals surface area contributed by atoms with Crippen LogP contribution in [0.4, 0.5) is 5.69 Å². The summed E-state index contributed by atoms with van der Waals surface area (Å²) in [6, 6.07) is 5.32. The molecular weight excluding hydrogens is 430 g/mol. The van der Waals surface area contributed by atoms with Crippen molar-refractivity contribution in [1.82, 2.24) is 14.6 Å². The molecule has 0 bridgehead atoms. The minimum Gasteiger partial charge on any atom is -0.454 e. The van der Waals surface area contributed by atoms with Gasteiger partial charge in [0.2, 0.25) is 12.7 Å². The van der Waals surface area contributed by atoms with Crippen molar-refractivity contribution in [1.29, 1.82) is 0 Å². The summed E-state index contributed by atoms with van der Waals surface area (Å²) in [7, 11) is 2.10. The van der Waals surface area contributed by atoms with Gasteiger partial charge in [0.15, 0.2) is 11.5 Å². The molecule has 1 fully saturated rings. The van der Waals surface area contributed by atoms with E-state index in [4.69, 9.17) is 9.47 Å². The third kappa shape index (κ3) is 4.29. The van der Waals surface area contributed by atoms with Crippen molar-refractivity contribution in [2.24, 2.45) is 0 Å². The number of nitrogens with zero attached hydrogens (tertiary/aromatic N) is 4. The van der Waals surface area contributed by atoms with Crippen LogP contribution < -0.4 is 25.5 Å². The molecule has 1 aromatic heterocycles. The summed E-state index contributed by atoms with van der Waals surface area (Å²) in [6.45, 7) is 3.68. The minimum absolute atomic E-state index is 0.150. The van der Waals surface area contributed by atoms with Gasteiger partial charge in [-0.3, -0.25) is 4.79 Å². The molecule has 1 saturated heterocycles. The Morgan fingerprint density at radius 3 is 2.75 bits per heavy atom. The maximum Gasteiger partial charge on any atom is 0.367 e. The van der Waals surface area contributed by atoms with Gasteiger partial charge in [0.05, 0.1) is 11.4 Å². The number of nitrogens with one attached hydrogen (secondary N) is 1. The molecule has 0 spiro atoms. The first-order chi connectivity index (χ1) is 15.6. The van der Waals surface area contributed by atoms with Gasteiger partial charge in [-0.25, -0.2) is 9.47 Å². The van der Waals surface area contributed by atoms with E-state index in [1.807, 2.05) is 0 Å². The van der Waals surface area contributed by atoms with Crippen LogP contribution in [0.25, 0.3) is 0 Å². The molecule has 3 heterocycles. The number of thioether (sulfide) groups is 1. The lowest BCUT2D eigenvalue weighted by Gasteiger charge is -2.37. The molecule has 0 unspecified atom stereocenters. The molecule has 1 amide bonds. The molecule has 2 aromatic rings. The molecule has 32 heavy (non-hydrogen) atoms. The lowest BCUT2D eigenvalue weighted by molar-refractivity contribution is -0.113. The Kier molecular flexibility index (Phi) is 5.97. The fourth-order valence-electron chi connectivity index (χ4n) is 4.38. The number of carbonyl (C=O) groups excluding carboxylic acids is 1. The average Bonchev–Trinajstić information content (AvgIpc) is 3.26. The second-order valence-corrected chi connectivity index (χ2v) is 9.27. The highest BCUT2D eigenvalue weighted by Gasteiger charge is 2.25. The zero-order valence-corrected chi connectivity index (χ0v) is 18.9. The summed E-state index contributed by atoms with van der Waals surface area (Å²) in [5.41, 5.74) is 2.60. The summed E-state index contributed by atoms with van der Waals surface area (Å²) < 4.78 is 12.5. The van der Waals surface area contributed by atoms with Crippen LogP contribution in [0, 0.1) is 0 Å². The number of piperazine rings is 1. The van der Waals surface area contributed by atoms with Crippen molar-refractivity contribution >= 4 is 23.4 Å². The summed E-state index contributed by atoms with van der Waals surface area (Å²) in [6.07, 6.45) is 3.91. The molecule has 0 atom stereocenters. The minimum atomic E-state index is -0.242. The van der Waals surface area contributed by atoms with Gasteiger partial charge in [0.1, 0.15) is 5.03 Å². The van der Waals surface area contributed by atoms with Crippen LogP contribution in [-0.4, -0.2) is 66.2 Å². The van der Waals surface area contributed by atoms with Gasteiger partial charge in [-0.2, -0.15) is 4.98 Å². The molecular formula is C22H27N5O4S. The van der Waals surface area contributed by atoms with Crippen molar-refractivity contribution < 1.29 is 14.3 Å². The SMILES string of the molecule is CN1CCN(n2c3c(c(SCC(=O)Nc4ccc5c(c4)OCO5)nc2=O)CCCC3)CC1. The quantitative estimate of drug-likeness (QED) is 0.533. The Labute approximate surface area is 190 Å². The number of amides is 1. The van der Waals surface area contributed by atoms with E-state index >= 15 is 0 Å². The van der Waals surface area contributed by atoms with Gasteiger partial charge >= 0.3 is 5.69 Å².